The maximum atomic E-state index is 12.3. The highest BCUT2D eigenvalue weighted by Crippen LogP contribution is 2.18. The number of aryl methyl sites for hydroxylation is 2. The second-order valence-corrected chi connectivity index (χ2v) is 7.23. The van der Waals surface area contributed by atoms with Crippen LogP contribution in [0.15, 0.2) is 35.5 Å². The van der Waals surface area contributed by atoms with E-state index in [0.717, 1.165) is 23.4 Å². The van der Waals surface area contributed by atoms with Gasteiger partial charge in [0.05, 0.1) is 12.2 Å². The zero-order valence-corrected chi connectivity index (χ0v) is 17.8. The Morgan fingerprint density at radius 3 is 2.75 bits per heavy atom. The van der Waals surface area contributed by atoms with E-state index in [1.807, 2.05) is 48.1 Å². The lowest BCUT2D eigenvalue weighted by Crippen LogP contribution is -2.42. The zero-order chi connectivity index (χ0) is 20.7. The Labute approximate surface area is 167 Å². The summed E-state index contributed by atoms with van der Waals surface area (Å²) >= 11 is 0. The fourth-order valence-corrected chi connectivity index (χ4v) is 3.11. The van der Waals surface area contributed by atoms with Crippen LogP contribution in [-0.2, 0) is 24.8 Å². The molecule has 7 nitrogen and oxygen atoms in total. The first-order valence-corrected chi connectivity index (χ1v) is 9.67. The van der Waals surface area contributed by atoms with Crippen molar-refractivity contribution in [3.8, 4) is 0 Å². The monoisotopic (exact) mass is 384 g/mol. The van der Waals surface area contributed by atoms with Crippen molar-refractivity contribution < 1.29 is 4.79 Å². The van der Waals surface area contributed by atoms with Crippen molar-refractivity contribution in [3.63, 3.8) is 0 Å². The summed E-state index contributed by atoms with van der Waals surface area (Å²) in [7, 11) is 5.60. The average Bonchev–Trinajstić information content (AvgIpc) is 3.02. The number of amides is 1. The maximum Gasteiger partial charge on any atom is 0.243 e. The molecule has 2 rings (SSSR count). The van der Waals surface area contributed by atoms with E-state index in [1.54, 1.807) is 7.05 Å². The summed E-state index contributed by atoms with van der Waals surface area (Å²) in [4.78, 5) is 18.6. The summed E-state index contributed by atoms with van der Waals surface area (Å²) in [5, 5.41) is 10.6. The Kier molecular flexibility index (Phi) is 7.61. The molecule has 1 aromatic heterocycles. The minimum Gasteiger partial charge on any atom is -0.347 e. The molecule has 0 aliphatic rings. The van der Waals surface area contributed by atoms with Crippen LogP contribution < -0.4 is 10.6 Å². The molecule has 0 radical (unpaired) electrons. The van der Waals surface area contributed by atoms with Gasteiger partial charge in [0.15, 0.2) is 5.96 Å². The van der Waals surface area contributed by atoms with Gasteiger partial charge in [0.1, 0.15) is 0 Å². The molecule has 0 aliphatic heterocycles. The minimum atomic E-state index is -0.105. The van der Waals surface area contributed by atoms with Crippen LogP contribution in [0.2, 0.25) is 0 Å². The Bertz CT molecular complexity index is 824. The molecule has 152 valence electrons. The first-order chi connectivity index (χ1) is 13.3. The molecule has 0 aliphatic carbocycles. The van der Waals surface area contributed by atoms with Gasteiger partial charge in [-0.25, -0.2) is 0 Å². The highest BCUT2D eigenvalue weighted by atomic mass is 16.1. The van der Waals surface area contributed by atoms with E-state index < -0.39 is 0 Å². The number of nitrogens with zero attached hydrogens (tertiary/aromatic N) is 4. The molecule has 28 heavy (non-hydrogen) atoms. The number of benzene rings is 1. The molecule has 7 heteroatoms. The number of aliphatic imine (C=N–C) groups is 1. The molecule has 1 aromatic carbocycles. The molecule has 0 saturated heterocycles. The molecule has 0 bridgehead atoms. The van der Waals surface area contributed by atoms with E-state index in [0.29, 0.717) is 18.4 Å². The van der Waals surface area contributed by atoms with Gasteiger partial charge in [0.2, 0.25) is 5.91 Å². The first kappa shape index (κ1) is 21.5. The van der Waals surface area contributed by atoms with Crippen molar-refractivity contribution >= 4 is 17.6 Å². The lowest BCUT2D eigenvalue weighted by molar-refractivity contribution is -0.115. The number of carbonyl (C=O) groups is 1. The highest BCUT2D eigenvalue weighted by molar-refractivity contribution is 5.95. The number of hydrogen-bond donors (Lipinski definition) is 2. The molecule has 2 aromatic rings. The Hall–Kier alpha value is -2.83. The number of nitrogens with one attached hydrogen (secondary N) is 2. The van der Waals surface area contributed by atoms with E-state index in [1.165, 1.54) is 5.56 Å². The van der Waals surface area contributed by atoms with Gasteiger partial charge in [-0.1, -0.05) is 32.9 Å². The predicted molar refractivity (Wildman–Crippen MR) is 115 cm³/mol. The summed E-state index contributed by atoms with van der Waals surface area (Å²) in [5.74, 6) is 0.910. The van der Waals surface area contributed by atoms with Crippen molar-refractivity contribution in [1.29, 1.82) is 0 Å². The number of carbonyl (C=O) groups excluding carboxylic acids is 1. The highest BCUT2D eigenvalue weighted by Gasteiger charge is 2.15. The lowest BCUT2D eigenvalue weighted by Gasteiger charge is -2.22. The number of rotatable bonds is 7. The fraction of sp³-hybridized carbons (Fsp3) is 0.476. The van der Waals surface area contributed by atoms with Crippen molar-refractivity contribution in [2.75, 3.05) is 26.0 Å². The fourth-order valence-electron chi connectivity index (χ4n) is 3.11. The Balaban J connectivity index is 1.93. The van der Waals surface area contributed by atoms with Crippen molar-refractivity contribution in [2.24, 2.45) is 12.0 Å². The van der Waals surface area contributed by atoms with Gasteiger partial charge in [-0.3, -0.25) is 14.5 Å². The van der Waals surface area contributed by atoms with Crippen LogP contribution in [-0.4, -0.2) is 47.2 Å². The third-order valence-electron chi connectivity index (χ3n) is 4.49. The van der Waals surface area contributed by atoms with E-state index in [4.69, 9.17) is 0 Å². The average molecular weight is 385 g/mol. The molecule has 0 saturated carbocycles. The van der Waals surface area contributed by atoms with Gasteiger partial charge in [0.25, 0.3) is 0 Å². The smallest absolute Gasteiger partial charge is 0.243 e. The van der Waals surface area contributed by atoms with E-state index in [2.05, 4.69) is 47.6 Å². The zero-order valence-electron chi connectivity index (χ0n) is 17.8. The number of hydrogen-bond acceptors (Lipinski definition) is 3. The van der Waals surface area contributed by atoms with Gasteiger partial charge in [-0.15, -0.1) is 0 Å². The quantitative estimate of drug-likeness (QED) is 0.569. The topological polar surface area (TPSA) is 74.6 Å². The normalized spacial score (nSPS) is 11.6. The first-order valence-electron chi connectivity index (χ1n) is 9.67. The SMILES string of the molecule is CCc1cccc(NC(=O)CNC(=NC)N(C)Cc2cn(C)nc2C(C)C)c1. The van der Waals surface area contributed by atoms with Crippen LogP contribution in [0.25, 0.3) is 0 Å². The van der Waals surface area contributed by atoms with Gasteiger partial charge < -0.3 is 15.5 Å². The standard InChI is InChI=1S/C21H32N6O/c1-7-16-9-8-10-18(11-16)24-19(28)12-23-21(22-4)26(5)13-17-14-27(6)25-20(17)15(2)3/h8-11,14-15H,7,12-13H2,1-6H3,(H,22,23)(H,24,28). The summed E-state index contributed by atoms with van der Waals surface area (Å²) in [6.07, 6.45) is 2.97. The number of anilines is 1. The number of guanidine groups is 1. The van der Waals surface area contributed by atoms with E-state index in [9.17, 15) is 4.79 Å². The second-order valence-electron chi connectivity index (χ2n) is 7.23. The summed E-state index contributed by atoms with van der Waals surface area (Å²) in [6, 6.07) is 7.89. The molecule has 1 heterocycles. The van der Waals surface area contributed by atoms with Gasteiger partial charge >= 0.3 is 0 Å². The van der Waals surface area contributed by atoms with Crippen LogP contribution in [0.1, 0.15) is 43.5 Å². The third kappa shape index (κ3) is 5.84. The van der Waals surface area contributed by atoms with Gasteiger partial charge in [-0.2, -0.15) is 5.10 Å². The largest absolute Gasteiger partial charge is 0.347 e. The van der Waals surface area contributed by atoms with Crippen LogP contribution in [0.4, 0.5) is 5.69 Å². The molecular formula is C21H32N6O. The second kappa shape index (κ2) is 9.92. The predicted octanol–water partition coefficient (Wildman–Crippen LogP) is 2.75. The van der Waals surface area contributed by atoms with Gasteiger partial charge in [-0.05, 0) is 30.0 Å². The third-order valence-corrected chi connectivity index (χ3v) is 4.49. The Morgan fingerprint density at radius 2 is 2.11 bits per heavy atom. The molecular weight excluding hydrogens is 352 g/mol. The van der Waals surface area contributed by atoms with E-state index >= 15 is 0 Å². The number of aromatic nitrogens is 2. The van der Waals surface area contributed by atoms with Crippen LogP contribution in [0, 0.1) is 0 Å². The van der Waals surface area contributed by atoms with Crippen LogP contribution >= 0.6 is 0 Å². The maximum absolute atomic E-state index is 12.3. The van der Waals surface area contributed by atoms with Gasteiger partial charge in [0, 0.05) is 45.1 Å². The lowest BCUT2D eigenvalue weighted by atomic mass is 10.1. The molecule has 1 amide bonds. The minimum absolute atomic E-state index is 0.105. The van der Waals surface area contributed by atoms with Crippen molar-refractivity contribution in [1.82, 2.24) is 20.0 Å². The van der Waals surface area contributed by atoms with Crippen LogP contribution in [0.5, 0.6) is 0 Å². The summed E-state index contributed by atoms with van der Waals surface area (Å²) in [6.45, 7) is 7.18. The molecule has 0 unspecified atom stereocenters. The molecule has 0 atom stereocenters. The molecule has 0 spiro atoms. The van der Waals surface area contributed by atoms with Crippen LogP contribution in [0.3, 0.4) is 0 Å². The molecule has 2 N–H and O–H groups in total. The summed E-state index contributed by atoms with van der Waals surface area (Å²) in [5.41, 5.74) is 4.24. The Morgan fingerprint density at radius 1 is 1.36 bits per heavy atom. The molecule has 0 fully saturated rings. The van der Waals surface area contributed by atoms with Crippen molar-refractivity contribution in [3.05, 3.63) is 47.3 Å². The van der Waals surface area contributed by atoms with Crippen molar-refractivity contribution in [2.45, 2.75) is 39.7 Å². The van der Waals surface area contributed by atoms with E-state index in [-0.39, 0.29) is 12.5 Å². The summed E-state index contributed by atoms with van der Waals surface area (Å²) < 4.78 is 1.84.